The van der Waals surface area contributed by atoms with Gasteiger partial charge in [0.05, 0.1) is 24.3 Å². The fourth-order valence-corrected chi connectivity index (χ4v) is 11.8. The summed E-state index contributed by atoms with van der Waals surface area (Å²) >= 11 is 4.80. The number of rotatable bonds is 8. The molecule has 8 aromatic carbocycles. The van der Waals surface area contributed by atoms with Gasteiger partial charge in [-0.1, -0.05) is 157 Å². The van der Waals surface area contributed by atoms with Crippen LogP contribution >= 0.6 is 30.8 Å². The van der Waals surface area contributed by atoms with E-state index in [-0.39, 0.29) is 78.9 Å². The molecule has 1 aliphatic carbocycles. The van der Waals surface area contributed by atoms with Crippen LogP contribution < -0.4 is 71.9 Å². The van der Waals surface area contributed by atoms with Gasteiger partial charge in [0, 0.05) is 56.6 Å². The standard InChI is InChI=1S/C21H23N2.C15H11N3O.C14H9N3O.C12H7IO.C8H17N.C2H3N3.CH3F.CH4.Ir.3K.HO4P/c1-15(2)18-11-8-12-19(16(3)4)20(18)23-14-13-22-21(23)17-9-6-5-7-10-17;1-17-9-16-18(10-17)13-7-4-6-12-11-5-2-3-8-14(11)19-15(12)13;1-2-7-13-10(4-1)11-5-3-6-12(14(11)18-13)17-9-15-8-16-17;13-10-6-3-5-9-8-4-1-2-7-11(8)14-12(9)10;1-7-5-3-4-6-8(7)9-2;1-3-2-5-4-1;1-2;;;;;;1-4-5(2)3/h5-9,11-16H,1-4H3;2-6,8-10H,1H3;1-9H;1-7H;7-9H,3-6H2,1-2H3;1-2H,(H,3,4,5);1H3;1H4;;;;;1H/q-1;-2;;;;;;;+3;;;+1;/p-1/i;;;;;;1D;;;;;;. The third kappa shape index (κ3) is 23.3. The van der Waals surface area contributed by atoms with Crippen molar-refractivity contribution in [3.8, 4) is 22.8 Å². The normalized spacial score (nSPS) is 13.6. The van der Waals surface area contributed by atoms with Gasteiger partial charge >= 0.3 is 143 Å². The number of alkyl halides is 1. The summed E-state index contributed by atoms with van der Waals surface area (Å²) in [5, 5.41) is 34.9. The molecule has 1 fully saturated rings. The zero-order valence-corrected chi connectivity index (χ0v) is 71.7. The van der Waals surface area contributed by atoms with Crippen molar-refractivity contribution in [2.45, 2.75) is 85.6 Å². The van der Waals surface area contributed by atoms with Crippen molar-refractivity contribution >= 4 is 172 Å². The quantitative estimate of drug-likeness (QED) is 0.0360. The molecule has 16 rings (SSSR count). The zero-order valence-electron chi connectivity index (χ0n) is 57.9. The molecule has 0 bridgehead atoms. The van der Waals surface area contributed by atoms with Crippen LogP contribution in [-0.2, 0) is 29.3 Å². The second-order valence-electron chi connectivity index (χ2n) is 22.4. The van der Waals surface area contributed by atoms with Crippen LogP contribution in [0.15, 0.2) is 220 Å². The Kier molecular flexibility index (Phi) is 38.6. The molecule has 1 saturated carbocycles. The minimum atomic E-state index is -3.15. The summed E-state index contributed by atoms with van der Waals surface area (Å²) in [5.41, 5.74) is 12.1. The van der Waals surface area contributed by atoms with E-state index in [1.807, 2.05) is 122 Å². The minimum Gasteiger partial charge on any atom is -0.454 e. The molecular weight excluding hydrogens is 1660 g/mol. The molecule has 26 heteroatoms. The molecule has 0 saturated heterocycles. The molecule has 0 amide bonds. The fourth-order valence-electron chi connectivity index (χ4n) is 11.2. The Labute approximate surface area is 700 Å². The van der Waals surface area contributed by atoms with Crippen LogP contribution in [0.5, 0.6) is 0 Å². The number of aromatic amines is 1. The van der Waals surface area contributed by atoms with Gasteiger partial charge in [-0.3, -0.25) is 14.5 Å². The molecule has 0 radical (unpaired) electrons. The van der Waals surface area contributed by atoms with Gasteiger partial charge in [-0.2, -0.15) is 33.5 Å². The predicted molar refractivity (Wildman–Crippen MR) is 398 cm³/mol. The average Bonchev–Trinajstić information content (AvgIpc) is 1.70. The van der Waals surface area contributed by atoms with Crippen LogP contribution in [0.2, 0.25) is 0 Å². The Hall–Kier alpha value is -3.92. The summed E-state index contributed by atoms with van der Waals surface area (Å²) in [6.07, 6.45) is 17.5. The molecule has 14 aromatic rings. The zero-order chi connectivity index (χ0) is 69.9. The van der Waals surface area contributed by atoms with Gasteiger partial charge in [-0.25, -0.2) is 19.3 Å². The van der Waals surface area contributed by atoms with Crippen LogP contribution in [0, 0.1) is 28.3 Å². The molecule has 0 spiro atoms. The summed E-state index contributed by atoms with van der Waals surface area (Å²) in [7, 11) is -0.145. The van der Waals surface area contributed by atoms with E-state index in [4.69, 9.17) is 29.3 Å². The Morgan fingerprint density at radius 2 is 1.31 bits per heavy atom. The van der Waals surface area contributed by atoms with E-state index in [2.05, 4.69) is 199 Å². The smallest absolute Gasteiger partial charge is 0.161 e. The van der Waals surface area contributed by atoms with Crippen LogP contribution in [-0.4, -0.2) is 141 Å². The van der Waals surface area contributed by atoms with Crippen molar-refractivity contribution < 1.29 is 110 Å². The Bertz CT molecular complexity index is 4700. The topological polar surface area (TPSA) is 233 Å². The van der Waals surface area contributed by atoms with Gasteiger partial charge < -0.3 is 43.2 Å². The minimum absolute atomic E-state index is 0. The number of fused-ring (bicyclic) bond motifs is 9. The maximum Gasteiger partial charge on any atom is 0.161 e. The van der Waals surface area contributed by atoms with Crippen molar-refractivity contribution in [3.63, 3.8) is 0 Å². The van der Waals surface area contributed by atoms with Gasteiger partial charge in [0.2, 0.25) is 0 Å². The summed E-state index contributed by atoms with van der Waals surface area (Å²) in [6, 6.07) is 62.3. The fraction of sp³-hybridized carbons (Fsp3) is 0.230. The van der Waals surface area contributed by atoms with E-state index >= 15 is 0 Å². The number of aromatic nitrogens is 8. The number of hydrazone groups is 1. The summed E-state index contributed by atoms with van der Waals surface area (Å²) in [6.45, 7) is 13.2. The first kappa shape index (κ1) is 85.0. The Balaban J connectivity index is 0.000000218. The molecule has 3 atom stereocenters. The maximum atomic E-state index is 9.96. The number of H-pyrrole nitrogens is 1. The van der Waals surface area contributed by atoms with E-state index in [9.17, 15) is 4.39 Å². The number of halogens is 2. The van der Waals surface area contributed by atoms with Gasteiger partial charge in [-0.05, 0) is 119 Å². The first-order chi connectivity index (χ1) is 47.7. The van der Waals surface area contributed by atoms with Crippen LogP contribution in [0.3, 0.4) is 0 Å². The van der Waals surface area contributed by atoms with Crippen molar-refractivity contribution in [1.29, 1.82) is 0 Å². The summed E-state index contributed by atoms with van der Waals surface area (Å²) in [4.78, 5) is 22.9. The number of imidazole rings is 1. The number of para-hydroxylation sites is 6. The molecule has 506 valence electrons. The SMILES string of the molecule is C.CC(C)c1cccc(C(C)C)c1-n1ccnc1-c1[c-]cccc1.CN1C=NN(c2[c-]ccc3c2oc2ccccc23)[CH-]1.CNC1CCCCC1C.Ic1cccc2c1oc1ccccc12.O=[P+]([O-])O[O-].[2H]CF.[Ir+3].[K+].[K][K].c1ccc2c(c1)oc1c(-n3cncn3)cccc12.c1nc[nH]n1. The summed E-state index contributed by atoms with van der Waals surface area (Å²) in [5.74, 6) is 2.77. The number of anilines is 1. The van der Waals surface area contributed by atoms with E-state index < -0.39 is 15.4 Å². The molecule has 100 heavy (non-hydrogen) atoms. The first-order valence-electron chi connectivity index (χ1n) is 32.4. The molecule has 2 aliphatic rings. The van der Waals surface area contributed by atoms with Crippen LogP contribution in [0.25, 0.3) is 88.6 Å². The first-order valence-corrected chi connectivity index (χ1v) is 49.8. The summed E-state index contributed by atoms with van der Waals surface area (Å²) < 4.78 is 49.6. The number of hydrogen-bond donors (Lipinski definition) is 2. The molecule has 2 N–H and O–H groups in total. The van der Waals surface area contributed by atoms with Gasteiger partial charge in [0.25, 0.3) is 0 Å². The van der Waals surface area contributed by atoms with Gasteiger partial charge in [0.1, 0.15) is 53.3 Å². The largest absolute Gasteiger partial charge is 0.454 e. The Morgan fingerprint density at radius 1 is 0.760 bits per heavy atom. The van der Waals surface area contributed by atoms with Crippen molar-refractivity contribution in [1.82, 2.24) is 49.7 Å². The number of furan rings is 3. The second-order valence-corrected chi connectivity index (χ2v) is 24.2. The molecule has 7 heterocycles. The van der Waals surface area contributed by atoms with Crippen molar-refractivity contribution in [2.75, 3.05) is 26.3 Å². The third-order valence-corrected chi connectivity index (χ3v) is 16.6. The molecule has 6 aromatic heterocycles. The maximum absolute atomic E-state index is 9.96. The number of hydrogen-bond acceptors (Lipinski definition) is 16. The predicted octanol–water partition coefficient (Wildman–Crippen LogP) is 13.5. The van der Waals surface area contributed by atoms with Gasteiger partial charge in [-0.15, -0.1) is 42.6 Å². The molecule has 1 aliphatic heterocycles. The van der Waals surface area contributed by atoms with Crippen molar-refractivity contribution in [2.24, 2.45) is 11.0 Å². The molecule has 19 nitrogen and oxygen atoms in total. The number of nitrogens with zero attached hydrogens (tertiary/aromatic N) is 10. The van der Waals surface area contributed by atoms with Crippen molar-refractivity contribution in [3.05, 3.63) is 235 Å². The molecule has 3 unspecified atom stereocenters. The van der Waals surface area contributed by atoms with Crippen LogP contribution in [0.4, 0.5) is 10.1 Å². The van der Waals surface area contributed by atoms with E-state index in [0.29, 0.717) is 11.8 Å². The monoisotopic (exact) mass is 1730 g/mol. The molecular formula is C74H77FIIrK3N12O7P. The second kappa shape index (κ2) is 45.4. The van der Waals surface area contributed by atoms with E-state index in [0.717, 1.165) is 93.3 Å². The van der Waals surface area contributed by atoms with E-state index in [1.165, 1.54) is 135 Å². The number of nitrogens with one attached hydrogen (secondary N) is 2. The Morgan fingerprint density at radius 3 is 1.81 bits per heavy atom. The number of benzene rings is 8. The average molecular weight is 1730 g/mol. The third-order valence-electron chi connectivity index (χ3n) is 15.7. The van der Waals surface area contributed by atoms with Crippen LogP contribution in [0.1, 0.15) is 92.1 Å². The van der Waals surface area contributed by atoms with E-state index in [1.54, 1.807) is 22.4 Å². The van der Waals surface area contributed by atoms with Gasteiger partial charge in [0.15, 0.2) is 5.58 Å².